The number of H-pyrrole nitrogens is 2. The van der Waals surface area contributed by atoms with Crippen LogP contribution in [0.5, 0.6) is 0 Å². The lowest BCUT2D eigenvalue weighted by molar-refractivity contribution is 0.214. The number of halogens is 2. The van der Waals surface area contributed by atoms with Crippen LogP contribution in [0.2, 0.25) is 10.0 Å². The number of urea groups is 2. The molecule has 0 radical (unpaired) electrons. The van der Waals surface area contributed by atoms with E-state index >= 15 is 0 Å². The number of para-hydroxylation sites is 6. The van der Waals surface area contributed by atoms with Gasteiger partial charge in [-0.15, -0.1) is 0 Å². The molecule has 0 spiro atoms. The summed E-state index contributed by atoms with van der Waals surface area (Å²) < 4.78 is 0. The van der Waals surface area contributed by atoms with Gasteiger partial charge in [0, 0.05) is 86.2 Å². The number of aromatic nitrogens is 4. The highest BCUT2D eigenvalue weighted by molar-refractivity contribution is 6.33. The first kappa shape index (κ1) is 42.3. The van der Waals surface area contributed by atoms with E-state index in [-0.39, 0.29) is 12.1 Å². The van der Waals surface area contributed by atoms with Crippen LogP contribution in [-0.4, -0.2) is 94.2 Å². The molecule has 0 saturated carbocycles. The van der Waals surface area contributed by atoms with Crippen LogP contribution in [0, 0.1) is 0 Å². The summed E-state index contributed by atoms with van der Waals surface area (Å²) in [7, 11) is 0. The largest absolute Gasteiger partial charge is 0.370 e. The first-order chi connectivity index (χ1) is 31.3. The number of nitrogens with one attached hydrogen (secondary N) is 4. The number of benzene rings is 6. The summed E-state index contributed by atoms with van der Waals surface area (Å²) in [5.41, 5.74) is 9.34. The summed E-state index contributed by atoms with van der Waals surface area (Å²) in [5.74, 6) is 1.52. The van der Waals surface area contributed by atoms with Crippen molar-refractivity contribution in [3.63, 3.8) is 0 Å². The minimum absolute atomic E-state index is 0.0582. The molecule has 64 heavy (non-hydrogen) atoms. The number of rotatable bonds is 6. The summed E-state index contributed by atoms with van der Waals surface area (Å²) in [5, 5.41) is 7.28. The molecule has 2 aliphatic heterocycles. The zero-order chi connectivity index (χ0) is 43.8. The fourth-order valence-electron chi connectivity index (χ4n) is 8.15. The molecular weight excluding hydrogens is 844 g/mol. The summed E-state index contributed by atoms with van der Waals surface area (Å²) >= 11 is 13.1. The van der Waals surface area contributed by atoms with Crippen LogP contribution in [0.15, 0.2) is 146 Å². The van der Waals surface area contributed by atoms with Crippen molar-refractivity contribution in [1.29, 1.82) is 0 Å². The van der Waals surface area contributed by atoms with E-state index in [2.05, 4.69) is 42.5 Å². The number of amides is 4. The van der Waals surface area contributed by atoms with Crippen molar-refractivity contribution in [2.45, 2.75) is 12.8 Å². The van der Waals surface area contributed by atoms with Crippen molar-refractivity contribution in [3.8, 4) is 22.8 Å². The lowest BCUT2D eigenvalue weighted by Crippen LogP contribution is -2.38. The summed E-state index contributed by atoms with van der Waals surface area (Å²) in [4.78, 5) is 49.9. The quantitative estimate of drug-likeness (QED) is 0.132. The number of nitrogens with zero attached hydrogens (tertiary/aromatic N) is 6. The lowest BCUT2D eigenvalue weighted by Gasteiger charge is -2.24. The van der Waals surface area contributed by atoms with E-state index in [1.807, 2.05) is 143 Å². The Labute approximate surface area is 381 Å². The monoisotopic (exact) mass is 890 g/mol. The van der Waals surface area contributed by atoms with Crippen molar-refractivity contribution in [3.05, 3.63) is 156 Å². The van der Waals surface area contributed by atoms with E-state index in [9.17, 15) is 9.59 Å². The van der Waals surface area contributed by atoms with E-state index in [1.54, 1.807) is 0 Å². The Morgan fingerprint density at radius 1 is 0.469 bits per heavy atom. The Hall–Kier alpha value is -7.02. The maximum absolute atomic E-state index is 12.7. The highest BCUT2D eigenvalue weighted by atomic mass is 35.5. The molecule has 4 amide bonds. The van der Waals surface area contributed by atoms with Crippen LogP contribution in [-0.2, 0) is 0 Å². The second-order valence-corrected chi connectivity index (χ2v) is 16.6. The van der Waals surface area contributed by atoms with Crippen molar-refractivity contribution in [2.75, 3.05) is 72.8 Å². The summed E-state index contributed by atoms with van der Waals surface area (Å²) in [6.07, 6.45) is 1.79. The second kappa shape index (κ2) is 19.6. The van der Waals surface area contributed by atoms with Gasteiger partial charge in [0.1, 0.15) is 11.6 Å². The molecule has 2 fully saturated rings. The number of imidazole rings is 2. The Morgan fingerprint density at radius 3 is 1.30 bits per heavy atom. The fraction of sp³-hybridized carbons (Fsp3) is 0.200. The van der Waals surface area contributed by atoms with Gasteiger partial charge in [-0.25, -0.2) is 19.6 Å². The van der Waals surface area contributed by atoms with Crippen LogP contribution >= 0.6 is 23.2 Å². The van der Waals surface area contributed by atoms with Crippen LogP contribution in [0.3, 0.4) is 0 Å². The van der Waals surface area contributed by atoms with Gasteiger partial charge in [-0.2, -0.15) is 0 Å². The van der Waals surface area contributed by atoms with Crippen molar-refractivity contribution < 1.29 is 9.59 Å². The molecule has 0 unspecified atom stereocenters. The third-order valence-corrected chi connectivity index (χ3v) is 12.2. The van der Waals surface area contributed by atoms with Crippen molar-refractivity contribution in [1.82, 2.24) is 29.7 Å². The third kappa shape index (κ3) is 9.94. The van der Waals surface area contributed by atoms with Crippen LogP contribution < -0.4 is 20.4 Å². The molecule has 4 N–H and O–H groups in total. The van der Waals surface area contributed by atoms with Gasteiger partial charge in [0.25, 0.3) is 0 Å². The van der Waals surface area contributed by atoms with Gasteiger partial charge in [-0.3, -0.25) is 0 Å². The normalized spacial score (nSPS) is 14.4. The molecule has 6 aromatic carbocycles. The van der Waals surface area contributed by atoms with Gasteiger partial charge in [-0.05, 0) is 97.8 Å². The van der Waals surface area contributed by atoms with E-state index in [1.165, 1.54) is 0 Å². The zero-order valence-electron chi connectivity index (χ0n) is 35.2. The molecule has 4 heterocycles. The highest BCUT2D eigenvalue weighted by Crippen LogP contribution is 2.34. The SMILES string of the molecule is O=C(Nc1ccccc1)N1CCCN(c2ccc(Cl)c(-c3nc4ccccc4[nH]3)c2)CC1.O=C(Nc1ccccc1)N1CCCN(c2ccc(Cl)c(-c3nc4ccccc4[nH]3)c2)CC1. The van der Waals surface area contributed by atoms with Crippen LogP contribution in [0.25, 0.3) is 44.8 Å². The molecule has 12 nitrogen and oxygen atoms in total. The summed E-state index contributed by atoms with van der Waals surface area (Å²) in [6.45, 7) is 6.00. The van der Waals surface area contributed by atoms with Crippen molar-refractivity contribution >= 4 is 80.1 Å². The van der Waals surface area contributed by atoms with E-state index in [4.69, 9.17) is 33.2 Å². The molecule has 0 bridgehead atoms. The third-order valence-electron chi connectivity index (χ3n) is 11.5. The van der Waals surface area contributed by atoms with Crippen molar-refractivity contribution in [2.24, 2.45) is 0 Å². The molecule has 0 atom stereocenters. The van der Waals surface area contributed by atoms with Gasteiger partial charge in [-0.1, -0.05) is 83.9 Å². The molecular formula is C50H48Cl2N10O2. The maximum Gasteiger partial charge on any atom is 0.321 e. The maximum atomic E-state index is 12.7. The molecule has 0 aliphatic carbocycles. The minimum atomic E-state index is -0.0582. The first-order valence-corrected chi connectivity index (χ1v) is 22.3. The Bertz CT molecular complexity index is 2610. The van der Waals surface area contributed by atoms with E-state index in [0.717, 1.165) is 120 Å². The van der Waals surface area contributed by atoms with E-state index in [0.29, 0.717) is 23.1 Å². The minimum Gasteiger partial charge on any atom is -0.370 e. The van der Waals surface area contributed by atoms with Gasteiger partial charge in [0.15, 0.2) is 0 Å². The predicted octanol–water partition coefficient (Wildman–Crippen LogP) is 11.3. The lowest BCUT2D eigenvalue weighted by atomic mass is 10.1. The zero-order valence-corrected chi connectivity index (χ0v) is 36.7. The van der Waals surface area contributed by atoms with Gasteiger partial charge >= 0.3 is 12.1 Å². The highest BCUT2D eigenvalue weighted by Gasteiger charge is 2.23. The number of carbonyl (C=O) groups is 2. The number of anilines is 4. The average molecular weight is 892 g/mol. The topological polar surface area (TPSA) is 129 Å². The number of aromatic amines is 2. The van der Waals surface area contributed by atoms with Crippen LogP contribution in [0.4, 0.5) is 32.3 Å². The Kier molecular flexibility index (Phi) is 12.9. The van der Waals surface area contributed by atoms with E-state index < -0.39 is 0 Å². The predicted molar refractivity (Wildman–Crippen MR) is 261 cm³/mol. The standard InChI is InChI=1S/2C25H24ClN5O/c2*26-21-12-11-19(17-20(21)24-28-22-9-4-5-10-23(22)29-24)30-13-6-14-31(16-15-30)25(32)27-18-7-2-1-3-8-18/h2*1-5,7-12,17H,6,13-16H2,(H,27,32)(H,28,29). The average Bonchev–Trinajstić information content (AvgIpc) is 3.76. The number of fused-ring (bicyclic) bond motifs is 2. The van der Waals surface area contributed by atoms with Crippen LogP contribution in [0.1, 0.15) is 12.8 Å². The molecule has 10 rings (SSSR count). The molecule has 14 heteroatoms. The fourth-order valence-corrected chi connectivity index (χ4v) is 8.56. The van der Waals surface area contributed by atoms with Gasteiger partial charge < -0.3 is 40.2 Å². The summed E-state index contributed by atoms with van der Waals surface area (Å²) in [6, 6.07) is 47.0. The first-order valence-electron chi connectivity index (χ1n) is 21.6. The number of carbonyl (C=O) groups excluding carboxylic acids is 2. The van der Waals surface area contributed by atoms with Gasteiger partial charge in [0.05, 0.1) is 32.1 Å². The molecule has 2 aromatic heterocycles. The Morgan fingerprint density at radius 2 is 0.875 bits per heavy atom. The number of hydrogen-bond acceptors (Lipinski definition) is 6. The molecule has 2 saturated heterocycles. The number of hydrogen-bond donors (Lipinski definition) is 4. The second-order valence-electron chi connectivity index (χ2n) is 15.8. The molecule has 2 aliphatic rings. The smallest absolute Gasteiger partial charge is 0.321 e. The molecule has 8 aromatic rings. The molecule has 324 valence electrons. The van der Waals surface area contributed by atoms with Gasteiger partial charge in [0.2, 0.25) is 0 Å². The Balaban J connectivity index is 0.000000162.